The smallest absolute Gasteiger partial charge is 0.338 e. The van der Waals surface area contributed by atoms with Crippen molar-refractivity contribution in [3.63, 3.8) is 0 Å². The van der Waals surface area contributed by atoms with Crippen LogP contribution in [0.2, 0.25) is 0 Å². The van der Waals surface area contributed by atoms with Gasteiger partial charge in [-0.2, -0.15) is 0 Å². The fraction of sp³-hybridized carbons (Fsp3) is 0.529. The third kappa shape index (κ3) is 4.27. The van der Waals surface area contributed by atoms with Gasteiger partial charge in [-0.1, -0.05) is 0 Å². The Bertz CT molecular complexity index is 621. The predicted molar refractivity (Wildman–Crippen MR) is 85.8 cm³/mol. The molecule has 0 radical (unpaired) electrons. The van der Waals surface area contributed by atoms with Gasteiger partial charge in [0.15, 0.2) is 0 Å². The van der Waals surface area contributed by atoms with Crippen molar-refractivity contribution in [2.24, 2.45) is 4.99 Å². The van der Waals surface area contributed by atoms with Gasteiger partial charge in [0.25, 0.3) is 5.92 Å². The first-order chi connectivity index (χ1) is 10.7. The normalized spacial score (nSPS) is 17.1. The zero-order chi connectivity index (χ0) is 17.2. The van der Waals surface area contributed by atoms with Crippen LogP contribution < -0.4 is 0 Å². The summed E-state index contributed by atoms with van der Waals surface area (Å²) >= 11 is 0. The maximum absolute atomic E-state index is 12.8. The molecule has 2 rings (SSSR count). The number of carbonyl (C=O) groups excluding carboxylic acids is 1. The molecular formula is C17H22F2N2O2. The number of aliphatic imine (C=N–C) groups is 1. The summed E-state index contributed by atoms with van der Waals surface area (Å²) in [5.41, 5.74) is 2.73. The van der Waals surface area contributed by atoms with Crippen LogP contribution in [0.3, 0.4) is 0 Å². The topological polar surface area (TPSA) is 41.9 Å². The number of benzene rings is 1. The fourth-order valence-corrected chi connectivity index (χ4v) is 2.31. The lowest BCUT2D eigenvalue weighted by Gasteiger charge is -2.34. The number of hydrogen-bond donors (Lipinski definition) is 0. The molecule has 0 atom stereocenters. The monoisotopic (exact) mass is 324 g/mol. The molecule has 0 saturated heterocycles. The van der Waals surface area contributed by atoms with Crippen LogP contribution in [0.5, 0.6) is 0 Å². The van der Waals surface area contributed by atoms with E-state index in [1.807, 2.05) is 25.8 Å². The van der Waals surface area contributed by atoms with E-state index in [4.69, 9.17) is 4.74 Å². The molecule has 0 amide bonds. The highest BCUT2D eigenvalue weighted by Gasteiger charge is 2.47. The summed E-state index contributed by atoms with van der Waals surface area (Å²) < 4.78 is 30.7. The van der Waals surface area contributed by atoms with Gasteiger partial charge >= 0.3 is 5.97 Å². The van der Waals surface area contributed by atoms with Gasteiger partial charge in [-0.3, -0.25) is 0 Å². The Morgan fingerprint density at radius 1 is 1.39 bits per heavy atom. The van der Waals surface area contributed by atoms with Crippen LogP contribution in [0.15, 0.2) is 17.1 Å². The van der Waals surface area contributed by atoms with Crippen molar-refractivity contribution in [3.8, 4) is 0 Å². The van der Waals surface area contributed by atoms with Gasteiger partial charge < -0.3 is 9.64 Å². The molecule has 0 spiro atoms. The summed E-state index contributed by atoms with van der Waals surface area (Å²) in [6.45, 7) is 6.51. The highest BCUT2D eigenvalue weighted by molar-refractivity contribution is 5.92. The molecule has 1 fully saturated rings. The largest absolute Gasteiger partial charge is 0.458 e. The molecule has 0 heterocycles. The Balaban J connectivity index is 2.10. The Labute approximate surface area is 135 Å². The molecule has 0 N–H and O–H groups in total. The van der Waals surface area contributed by atoms with Crippen molar-refractivity contribution in [2.75, 3.05) is 13.6 Å². The van der Waals surface area contributed by atoms with Crippen LogP contribution in [-0.2, 0) is 4.74 Å². The number of halogens is 2. The van der Waals surface area contributed by atoms with Gasteiger partial charge in [-0.15, -0.1) is 0 Å². The van der Waals surface area contributed by atoms with Crippen LogP contribution in [0, 0.1) is 13.8 Å². The van der Waals surface area contributed by atoms with Crippen LogP contribution >= 0.6 is 0 Å². The Morgan fingerprint density at radius 3 is 2.61 bits per heavy atom. The molecule has 1 aliphatic rings. The number of alkyl halides is 2. The van der Waals surface area contributed by atoms with Crippen LogP contribution in [0.1, 0.15) is 41.3 Å². The van der Waals surface area contributed by atoms with E-state index < -0.39 is 18.0 Å². The highest BCUT2D eigenvalue weighted by atomic mass is 19.3. The number of rotatable bonds is 5. The van der Waals surface area contributed by atoms with E-state index in [0.717, 1.165) is 23.4 Å². The maximum atomic E-state index is 12.8. The molecule has 0 bridgehead atoms. The molecule has 0 aliphatic heterocycles. The minimum Gasteiger partial charge on any atom is -0.458 e. The zero-order valence-corrected chi connectivity index (χ0v) is 13.9. The number of ether oxygens (including phenoxy) is 1. The van der Waals surface area contributed by atoms with Gasteiger partial charge in [-0.05, 0) is 44.0 Å². The summed E-state index contributed by atoms with van der Waals surface area (Å²) in [6, 6.07) is 3.51. The molecule has 1 aromatic rings. The second kappa shape index (κ2) is 6.64. The predicted octanol–water partition coefficient (Wildman–Crippen LogP) is 3.87. The molecule has 1 aliphatic carbocycles. The Morgan fingerprint density at radius 2 is 2.04 bits per heavy atom. The van der Waals surface area contributed by atoms with Crippen molar-refractivity contribution in [2.45, 2.75) is 45.6 Å². The van der Waals surface area contributed by atoms with Gasteiger partial charge in [-0.25, -0.2) is 18.6 Å². The lowest BCUT2D eigenvalue weighted by molar-refractivity contribution is -0.146. The molecule has 23 heavy (non-hydrogen) atoms. The van der Waals surface area contributed by atoms with Gasteiger partial charge in [0, 0.05) is 26.4 Å². The quantitative estimate of drug-likeness (QED) is 0.469. The Kier molecular flexibility index (Phi) is 5.02. The first kappa shape index (κ1) is 17.4. The fourth-order valence-electron chi connectivity index (χ4n) is 2.31. The Hall–Kier alpha value is -1.98. The minimum atomic E-state index is -2.69. The third-order valence-corrected chi connectivity index (χ3v) is 3.98. The average Bonchev–Trinajstić information content (AvgIpc) is 2.45. The van der Waals surface area contributed by atoms with Gasteiger partial charge in [0.05, 0.1) is 17.6 Å². The average molecular weight is 324 g/mol. The van der Waals surface area contributed by atoms with Crippen LogP contribution in [0.4, 0.5) is 14.5 Å². The van der Waals surface area contributed by atoms with Crippen LogP contribution in [0.25, 0.3) is 0 Å². The van der Waals surface area contributed by atoms with Gasteiger partial charge in [0.1, 0.15) is 6.10 Å². The second-order valence-electron chi connectivity index (χ2n) is 6.06. The summed E-state index contributed by atoms with van der Waals surface area (Å²) in [6.07, 6.45) is 0.273. The first-order valence-corrected chi connectivity index (χ1v) is 7.66. The lowest BCUT2D eigenvalue weighted by atomic mass is 9.91. The van der Waals surface area contributed by atoms with Crippen LogP contribution in [-0.4, -0.2) is 42.8 Å². The molecular weight excluding hydrogens is 302 g/mol. The zero-order valence-electron chi connectivity index (χ0n) is 13.9. The summed E-state index contributed by atoms with van der Waals surface area (Å²) in [5.74, 6) is -3.24. The maximum Gasteiger partial charge on any atom is 0.338 e. The van der Waals surface area contributed by atoms with E-state index in [9.17, 15) is 13.6 Å². The van der Waals surface area contributed by atoms with E-state index in [0.29, 0.717) is 5.56 Å². The minimum absolute atomic E-state index is 0.386. The van der Waals surface area contributed by atoms with E-state index in [-0.39, 0.29) is 12.8 Å². The summed E-state index contributed by atoms with van der Waals surface area (Å²) in [4.78, 5) is 18.5. The molecule has 4 nitrogen and oxygen atoms in total. The second-order valence-corrected chi connectivity index (χ2v) is 6.06. The van der Waals surface area contributed by atoms with Crippen molar-refractivity contribution in [1.82, 2.24) is 4.90 Å². The SMILES string of the molecule is CCN(C)/C=N/c1cc(C)c(C(=O)OC2CC(F)(F)C2)cc1C. The number of esters is 1. The lowest BCUT2D eigenvalue weighted by Crippen LogP contribution is -2.42. The van der Waals surface area contributed by atoms with Crippen molar-refractivity contribution >= 4 is 18.0 Å². The summed E-state index contributed by atoms with van der Waals surface area (Å²) in [5, 5.41) is 0. The van der Waals surface area contributed by atoms with Crippen molar-refractivity contribution in [1.29, 1.82) is 0 Å². The number of carbonyl (C=O) groups is 1. The molecule has 1 aromatic carbocycles. The molecule has 1 saturated carbocycles. The third-order valence-electron chi connectivity index (χ3n) is 3.98. The van der Waals surface area contributed by atoms with Gasteiger partial charge in [0.2, 0.25) is 0 Å². The van der Waals surface area contributed by atoms with Crippen molar-refractivity contribution < 1.29 is 18.3 Å². The number of aryl methyl sites for hydroxylation is 2. The van der Waals surface area contributed by atoms with E-state index in [1.54, 1.807) is 25.4 Å². The molecule has 6 heteroatoms. The number of nitrogens with zero attached hydrogens (tertiary/aromatic N) is 2. The van der Waals surface area contributed by atoms with E-state index in [1.165, 1.54) is 0 Å². The highest BCUT2D eigenvalue weighted by Crippen LogP contribution is 2.39. The molecule has 0 unspecified atom stereocenters. The van der Waals surface area contributed by atoms with Crippen molar-refractivity contribution in [3.05, 3.63) is 28.8 Å². The standard InChI is InChI=1S/C17H22F2N2O2/c1-5-21(4)10-20-15-7-11(2)14(6-12(15)3)16(22)23-13-8-17(18,19)9-13/h6-7,10,13H,5,8-9H2,1-4H3/b20-10+. The van der Waals surface area contributed by atoms with E-state index in [2.05, 4.69) is 4.99 Å². The van der Waals surface area contributed by atoms with E-state index >= 15 is 0 Å². The molecule has 0 aromatic heterocycles. The summed E-state index contributed by atoms with van der Waals surface area (Å²) in [7, 11) is 1.92. The first-order valence-electron chi connectivity index (χ1n) is 7.66. The number of hydrogen-bond acceptors (Lipinski definition) is 3. The molecule has 126 valence electrons.